The van der Waals surface area contributed by atoms with Gasteiger partial charge in [0.1, 0.15) is 22.1 Å². The Morgan fingerprint density at radius 3 is 1.30 bits per heavy atom. The van der Waals surface area contributed by atoms with Crippen molar-refractivity contribution in [1.29, 1.82) is 0 Å². The molecule has 3 aromatic carbocycles. The lowest BCUT2D eigenvalue weighted by atomic mass is 9.98. The number of unbranched alkanes of at least 4 members (excludes halogenated alkanes) is 4. The molecule has 0 spiro atoms. The fourth-order valence-corrected chi connectivity index (χ4v) is 9.90. The summed E-state index contributed by atoms with van der Waals surface area (Å²) in [6, 6.07) is 26.9. The summed E-state index contributed by atoms with van der Waals surface area (Å²) in [5.74, 6) is 0.922. The number of aromatic nitrogens is 4. The maximum Gasteiger partial charge on any atom is 0.116 e. The third-order valence-electron chi connectivity index (χ3n) is 10.4. The Bertz CT molecular complexity index is 2270. The second-order valence-corrected chi connectivity index (χ2v) is 18.9. The largest absolute Gasteiger partial charge is 0.248 e. The zero-order valence-corrected chi connectivity index (χ0v) is 36.9. The smallest absolute Gasteiger partial charge is 0.116 e. The molecule has 0 radical (unpaired) electrons. The van der Waals surface area contributed by atoms with E-state index in [9.17, 15) is 0 Å². The first-order chi connectivity index (χ1) is 27.8. The van der Waals surface area contributed by atoms with Crippen molar-refractivity contribution < 1.29 is 0 Å². The Labute approximate surface area is 352 Å². The quantitative estimate of drug-likeness (QED) is 0.0810. The van der Waals surface area contributed by atoms with Crippen LogP contribution in [0.4, 0.5) is 0 Å². The van der Waals surface area contributed by atoms with Crippen LogP contribution in [0.3, 0.4) is 0 Å². The topological polar surface area (TPSA) is 51.6 Å². The van der Waals surface area contributed by atoms with E-state index in [-0.39, 0.29) is 0 Å². The highest BCUT2D eigenvalue weighted by Crippen LogP contribution is 2.45. The third kappa shape index (κ3) is 10.2. The summed E-state index contributed by atoms with van der Waals surface area (Å²) in [7, 11) is 0. The minimum absolute atomic E-state index is 0.461. The molecule has 4 nitrogen and oxygen atoms in total. The molecule has 4 heterocycles. The van der Waals surface area contributed by atoms with E-state index in [4.69, 9.17) is 18.7 Å². The van der Waals surface area contributed by atoms with Gasteiger partial charge in [-0.15, -0.1) is 22.7 Å². The minimum atomic E-state index is 0.461. The van der Waals surface area contributed by atoms with Gasteiger partial charge in [-0.25, -0.2) is 9.97 Å². The van der Waals surface area contributed by atoms with Crippen LogP contribution in [0, 0.1) is 11.8 Å². The monoisotopic (exact) mass is 808 g/mol. The molecule has 7 rings (SSSR count). The lowest BCUT2D eigenvalue weighted by Crippen LogP contribution is -2.09. The van der Waals surface area contributed by atoms with Crippen molar-refractivity contribution in [1.82, 2.24) is 18.7 Å². The van der Waals surface area contributed by atoms with E-state index in [1.165, 1.54) is 82.3 Å². The van der Waals surface area contributed by atoms with E-state index in [0.717, 1.165) is 80.0 Å². The molecule has 4 aromatic heterocycles. The van der Waals surface area contributed by atoms with E-state index < -0.39 is 0 Å². The number of hydrogen-bond donors (Lipinski definition) is 0. The Balaban J connectivity index is 1.27. The molecular formula is C50H56N4S3. The number of nitrogens with zero attached hydrogens (tertiary/aromatic N) is 4. The van der Waals surface area contributed by atoms with E-state index in [1.54, 1.807) is 22.7 Å². The first-order valence-corrected chi connectivity index (χ1v) is 23.4. The number of aryl methyl sites for hydroxylation is 2. The molecule has 0 N–H and O–H groups in total. The Kier molecular flexibility index (Phi) is 13.9. The van der Waals surface area contributed by atoms with Crippen LogP contribution in [-0.2, 0) is 25.7 Å². The highest BCUT2D eigenvalue weighted by Gasteiger charge is 2.25. The highest BCUT2D eigenvalue weighted by atomic mass is 32.1. The van der Waals surface area contributed by atoms with Gasteiger partial charge in [-0.1, -0.05) is 128 Å². The fraction of sp³-hybridized carbons (Fsp3) is 0.360. The SMILES string of the molecule is CCCCCc1ccc(/C=C/c2ccc(-c3c4nsnc4c(-c4ccc(/C=C/c5ccc(CCCCC)cc5)s4)c4nc(CC(C)C)c(CC(C)C)nc34)s2)cc1. The van der Waals surface area contributed by atoms with Crippen LogP contribution in [0.2, 0.25) is 0 Å². The standard InChI is InChI=1S/C50H56N4S3/c1-7-9-11-13-35-15-19-37(20-16-35)23-25-39-27-29-43(55-39)45-47-48(52-42(32-34(5)6)41(51-47)31-33(3)4)46(50-49(45)53-57-54-50)44-30-28-40(56-44)26-24-38-21-17-36(18-22-38)14-12-10-8-2/h15-30,33-34H,7-14,31-32H2,1-6H3/b25-23+,26-24+. The molecule has 294 valence electrons. The number of thiophene rings is 2. The first-order valence-electron chi connectivity index (χ1n) is 21.0. The van der Waals surface area contributed by atoms with Crippen LogP contribution in [0.25, 0.3) is 67.3 Å². The molecule has 0 aliphatic carbocycles. The molecular weight excluding hydrogens is 753 g/mol. The second kappa shape index (κ2) is 19.4. The molecule has 0 saturated heterocycles. The van der Waals surface area contributed by atoms with Gasteiger partial charge in [0.2, 0.25) is 0 Å². The predicted octanol–water partition coefficient (Wildman–Crippen LogP) is 15.3. The molecule has 0 fully saturated rings. The lowest BCUT2D eigenvalue weighted by Gasteiger charge is -2.17. The van der Waals surface area contributed by atoms with Crippen LogP contribution in [0.1, 0.15) is 123 Å². The predicted molar refractivity (Wildman–Crippen MR) is 251 cm³/mol. The van der Waals surface area contributed by atoms with Gasteiger partial charge in [0.25, 0.3) is 0 Å². The van der Waals surface area contributed by atoms with Crippen molar-refractivity contribution in [2.24, 2.45) is 11.8 Å². The first kappa shape index (κ1) is 40.9. The Morgan fingerprint density at radius 2 is 0.912 bits per heavy atom. The molecule has 0 atom stereocenters. The minimum Gasteiger partial charge on any atom is -0.248 e. The maximum atomic E-state index is 5.57. The van der Waals surface area contributed by atoms with E-state index in [1.807, 2.05) is 0 Å². The molecule has 0 amide bonds. The summed E-state index contributed by atoms with van der Waals surface area (Å²) in [6.45, 7) is 13.6. The molecule has 0 aliphatic heterocycles. The second-order valence-electron chi connectivity index (χ2n) is 16.2. The van der Waals surface area contributed by atoms with Gasteiger partial charge in [-0.2, -0.15) is 8.75 Å². The summed E-state index contributed by atoms with van der Waals surface area (Å²) in [5.41, 5.74) is 13.2. The van der Waals surface area contributed by atoms with E-state index in [0.29, 0.717) is 11.8 Å². The fourth-order valence-electron chi connectivity index (χ4n) is 7.42. The molecule has 0 saturated carbocycles. The van der Waals surface area contributed by atoms with Crippen molar-refractivity contribution in [3.05, 3.63) is 116 Å². The van der Waals surface area contributed by atoms with Gasteiger partial charge >= 0.3 is 0 Å². The average molecular weight is 809 g/mol. The van der Waals surface area contributed by atoms with Crippen molar-refractivity contribution in [2.75, 3.05) is 0 Å². The number of fused-ring (bicyclic) bond motifs is 2. The zero-order chi connectivity index (χ0) is 39.7. The van der Waals surface area contributed by atoms with Crippen LogP contribution in [-0.4, -0.2) is 18.7 Å². The van der Waals surface area contributed by atoms with Crippen LogP contribution in [0.5, 0.6) is 0 Å². The van der Waals surface area contributed by atoms with Crippen molar-refractivity contribution in [3.63, 3.8) is 0 Å². The zero-order valence-electron chi connectivity index (χ0n) is 34.5. The molecule has 7 aromatic rings. The van der Waals surface area contributed by atoms with Crippen LogP contribution in [0.15, 0.2) is 72.8 Å². The summed E-state index contributed by atoms with van der Waals surface area (Å²) in [5, 5.41) is 0. The van der Waals surface area contributed by atoms with E-state index in [2.05, 4.69) is 139 Å². The van der Waals surface area contributed by atoms with E-state index >= 15 is 0 Å². The number of rotatable bonds is 18. The molecule has 7 heteroatoms. The summed E-state index contributed by atoms with van der Waals surface area (Å²) in [6.07, 6.45) is 20.6. The van der Waals surface area contributed by atoms with Crippen LogP contribution < -0.4 is 0 Å². The highest BCUT2D eigenvalue weighted by molar-refractivity contribution is 7.17. The Morgan fingerprint density at radius 1 is 0.491 bits per heavy atom. The van der Waals surface area contributed by atoms with Crippen molar-refractivity contribution in [3.8, 4) is 20.9 Å². The van der Waals surface area contributed by atoms with Gasteiger partial charge in [0.05, 0.1) is 23.1 Å². The summed E-state index contributed by atoms with van der Waals surface area (Å²) < 4.78 is 9.97. The van der Waals surface area contributed by atoms with Gasteiger partial charge < -0.3 is 0 Å². The molecule has 57 heavy (non-hydrogen) atoms. The third-order valence-corrected chi connectivity index (χ3v) is 13.1. The summed E-state index contributed by atoms with van der Waals surface area (Å²) in [4.78, 5) is 15.8. The average Bonchev–Trinajstić information content (AvgIpc) is 3.99. The van der Waals surface area contributed by atoms with Gasteiger partial charge in [0.15, 0.2) is 0 Å². The summed E-state index contributed by atoms with van der Waals surface area (Å²) >= 11 is 4.84. The van der Waals surface area contributed by atoms with Crippen molar-refractivity contribution >= 4 is 80.8 Å². The molecule has 0 unspecified atom stereocenters. The lowest BCUT2D eigenvalue weighted by molar-refractivity contribution is 0.597. The van der Waals surface area contributed by atoms with Crippen LogP contribution >= 0.6 is 34.4 Å². The maximum absolute atomic E-state index is 5.57. The Hall–Kier alpha value is -4.30. The molecule has 0 aliphatic rings. The van der Waals surface area contributed by atoms with Gasteiger partial charge in [0, 0.05) is 30.6 Å². The number of benzene rings is 3. The van der Waals surface area contributed by atoms with Crippen molar-refractivity contribution in [2.45, 2.75) is 106 Å². The van der Waals surface area contributed by atoms with Gasteiger partial charge in [-0.3, -0.25) is 0 Å². The molecule has 0 bridgehead atoms. The number of hydrogen-bond acceptors (Lipinski definition) is 7. The van der Waals surface area contributed by atoms with Gasteiger partial charge in [-0.05, 0) is 109 Å². The normalized spacial score (nSPS) is 12.2.